The first-order chi connectivity index (χ1) is 11.2. The van der Waals surface area contributed by atoms with Crippen molar-refractivity contribution in [2.24, 2.45) is 11.7 Å². The van der Waals surface area contributed by atoms with Crippen molar-refractivity contribution >= 4 is 18.3 Å². The molecule has 1 aliphatic rings. The van der Waals surface area contributed by atoms with Crippen molar-refractivity contribution in [2.45, 2.75) is 38.3 Å². The first-order valence-corrected chi connectivity index (χ1v) is 8.46. The quantitative estimate of drug-likeness (QED) is 0.702. The number of amides is 1. The fraction of sp³-hybridized carbons (Fsp3) is 0.611. The van der Waals surface area contributed by atoms with Gasteiger partial charge in [0.05, 0.1) is 12.1 Å². The SMILES string of the molecule is CC(OCCCNC(=O)C(N)C1CCOCC1)c1ccccc1.Cl. The Bertz CT molecular complexity index is 467. The molecule has 24 heavy (non-hydrogen) atoms. The van der Waals surface area contributed by atoms with Gasteiger partial charge in [0.2, 0.25) is 5.91 Å². The number of nitrogens with one attached hydrogen (secondary N) is 1. The predicted molar refractivity (Wildman–Crippen MR) is 97.2 cm³/mol. The predicted octanol–water partition coefficient (Wildman–Crippen LogP) is 2.45. The van der Waals surface area contributed by atoms with E-state index in [-0.39, 0.29) is 30.3 Å². The number of benzene rings is 1. The lowest BCUT2D eigenvalue weighted by Gasteiger charge is -2.26. The minimum atomic E-state index is -0.428. The van der Waals surface area contributed by atoms with Crippen LogP contribution in [0.25, 0.3) is 0 Å². The van der Waals surface area contributed by atoms with E-state index >= 15 is 0 Å². The highest BCUT2D eigenvalue weighted by atomic mass is 35.5. The molecule has 2 rings (SSSR count). The molecule has 6 heteroatoms. The summed E-state index contributed by atoms with van der Waals surface area (Å²) in [6, 6.07) is 9.69. The zero-order chi connectivity index (χ0) is 16.5. The molecule has 1 heterocycles. The fourth-order valence-electron chi connectivity index (χ4n) is 2.77. The van der Waals surface area contributed by atoms with Crippen LogP contribution in [-0.4, -0.2) is 38.3 Å². The van der Waals surface area contributed by atoms with Crippen LogP contribution < -0.4 is 11.1 Å². The van der Waals surface area contributed by atoms with Gasteiger partial charge in [-0.05, 0) is 37.7 Å². The molecular weight excluding hydrogens is 328 g/mol. The molecule has 0 spiro atoms. The summed E-state index contributed by atoms with van der Waals surface area (Å²) in [5.41, 5.74) is 7.20. The largest absolute Gasteiger partial charge is 0.381 e. The Morgan fingerprint density at radius 2 is 2.00 bits per heavy atom. The van der Waals surface area contributed by atoms with Gasteiger partial charge in [-0.25, -0.2) is 0 Å². The Morgan fingerprint density at radius 1 is 1.33 bits per heavy atom. The average Bonchev–Trinajstić information content (AvgIpc) is 2.62. The van der Waals surface area contributed by atoms with Gasteiger partial charge in [0, 0.05) is 26.4 Å². The van der Waals surface area contributed by atoms with Crippen LogP contribution >= 0.6 is 12.4 Å². The molecule has 0 aromatic heterocycles. The maximum absolute atomic E-state index is 12.0. The highest BCUT2D eigenvalue weighted by Gasteiger charge is 2.26. The Kier molecular flexibility index (Phi) is 9.95. The van der Waals surface area contributed by atoms with E-state index in [1.807, 2.05) is 25.1 Å². The van der Waals surface area contributed by atoms with Crippen LogP contribution in [-0.2, 0) is 14.3 Å². The van der Waals surface area contributed by atoms with Crippen LogP contribution in [0.1, 0.15) is 37.9 Å². The van der Waals surface area contributed by atoms with Gasteiger partial charge in [0.1, 0.15) is 0 Å². The molecule has 1 fully saturated rings. The van der Waals surface area contributed by atoms with E-state index in [9.17, 15) is 4.79 Å². The Labute approximate surface area is 150 Å². The number of hydrogen-bond donors (Lipinski definition) is 2. The minimum absolute atomic E-state index is 0. The molecule has 2 unspecified atom stereocenters. The molecule has 136 valence electrons. The topological polar surface area (TPSA) is 73.6 Å². The highest BCUT2D eigenvalue weighted by molar-refractivity contribution is 5.85. The van der Waals surface area contributed by atoms with E-state index in [1.54, 1.807) is 0 Å². The standard InChI is InChI=1S/C18H28N2O3.ClH/c1-14(15-6-3-2-4-7-15)23-11-5-10-20-18(21)17(19)16-8-12-22-13-9-16;/h2-4,6-7,14,16-17H,5,8-13,19H2,1H3,(H,20,21);1H. The molecule has 0 saturated carbocycles. The van der Waals surface area contributed by atoms with Gasteiger partial charge in [-0.1, -0.05) is 30.3 Å². The first kappa shape index (κ1) is 20.9. The molecule has 3 N–H and O–H groups in total. The number of nitrogens with two attached hydrogens (primary N) is 1. The number of carbonyl (C=O) groups excluding carboxylic acids is 1. The van der Waals surface area contributed by atoms with Crippen molar-refractivity contribution in [3.8, 4) is 0 Å². The Hall–Kier alpha value is -1.14. The number of ether oxygens (including phenoxy) is 2. The normalized spacial score (nSPS) is 17.6. The van der Waals surface area contributed by atoms with Crippen molar-refractivity contribution in [1.82, 2.24) is 5.32 Å². The maximum atomic E-state index is 12.0. The second kappa shape index (κ2) is 11.4. The van der Waals surface area contributed by atoms with E-state index in [2.05, 4.69) is 17.4 Å². The summed E-state index contributed by atoms with van der Waals surface area (Å²) in [4.78, 5) is 12.0. The molecule has 1 aromatic carbocycles. The van der Waals surface area contributed by atoms with Crippen molar-refractivity contribution in [1.29, 1.82) is 0 Å². The van der Waals surface area contributed by atoms with Gasteiger partial charge in [-0.15, -0.1) is 12.4 Å². The van der Waals surface area contributed by atoms with Gasteiger partial charge in [0.25, 0.3) is 0 Å². The van der Waals surface area contributed by atoms with E-state index in [0.29, 0.717) is 26.4 Å². The van der Waals surface area contributed by atoms with Crippen molar-refractivity contribution in [2.75, 3.05) is 26.4 Å². The summed E-state index contributed by atoms with van der Waals surface area (Å²) >= 11 is 0. The van der Waals surface area contributed by atoms with Gasteiger partial charge in [-0.2, -0.15) is 0 Å². The summed E-state index contributed by atoms with van der Waals surface area (Å²) in [5.74, 6) is 0.172. The van der Waals surface area contributed by atoms with Gasteiger partial charge >= 0.3 is 0 Å². The first-order valence-electron chi connectivity index (χ1n) is 8.46. The molecule has 0 bridgehead atoms. The van der Waals surface area contributed by atoms with Crippen LogP contribution in [0.3, 0.4) is 0 Å². The van der Waals surface area contributed by atoms with Gasteiger partial charge in [-0.3, -0.25) is 4.79 Å². The highest BCUT2D eigenvalue weighted by Crippen LogP contribution is 2.18. The molecule has 0 aliphatic carbocycles. The molecule has 1 aliphatic heterocycles. The van der Waals surface area contributed by atoms with E-state index < -0.39 is 6.04 Å². The maximum Gasteiger partial charge on any atom is 0.237 e. The lowest BCUT2D eigenvalue weighted by Crippen LogP contribution is -2.47. The molecule has 2 atom stereocenters. The fourth-order valence-corrected chi connectivity index (χ4v) is 2.77. The third-order valence-corrected chi connectivity index (χ3v) is 4.33. The summed E-state index contributed by atoms with van der Waals surface area (Å²) < 4.78 is 11.1. The average molecular weight is 357 g/mol. The number of carbonyl (C=O) groups is 1. The molecule has 5 nitrogen and oxygen atoms in total. The summed E-state index contributed by atoms with van der Waals surface area (Å²) in [6.07, 6.45) is 2.58. The lowest BCUT2D eigenvalue weighted by molar-refractivity contribution is -0.124. The van der Waals surface area contributed by atoms with Crippen LogP contribution in [0.15, 0.2) is 30.3 Å². The van der Waals surface area contributed by atoms with Gasteiger partial charge < -0.3 is 20.5 Å². The van der Waals surface area contributed by atoms with E-state index in [4.69, 9.17) is 15.2 Å². The second-order valence-electron chi connectivity index (χ2n) is 6.04. The summed E-state index contributed by atoms with van der Waals surface area (Å²) in [7, 11) is 0. The van der Waals surface area contributed by atoms with Crippen molar-refractivity contribution in [3.63, 3.8) is 0 Å². The minimum Gasteiger partial charge on any atom is -0.381 e. The molecule has 0 radical (unpaired) electrons. The van der Waals surface area contributed by atoms with Crippen LogP contribution in [0.5, 0.6) is 0 Å². The number of rotatable bonds is 8. The second-order valence-corrected chi connectivity index (χ2v) is 6.04. The lowest BCUT2D eigenvalue weighted by atomic mass is 9.92. The zero-order valence-corrected chi connectivity index (χ0v) is 15.1. The summed E-state index contributed by atoms with van der Waals surface area (Å²) in [6.45, 7) is 4.66. The van der Waals surface area contributed by atoms with Crippen LogP contribution in [0, 0.1) is 5.92 Å². The van der Waals surface area contributed by atoms with Gasteiger partial charge in [0.15, 0.2) is 0 Å². The van der Waals surface area contributed by atoms with Crippen molar-refractivity contribution < 1.29 is 14.3 Å². The van der Waals surface area contributed by atoms with E-state index in [0.717, 1.165) is 24.8 Å². The van der Waals surface area contributed by atoms with Crippen LogP contribution in [0.2, 0.25) is 0 Å². The molecule has 1 aromatic rings. The monoisotopic (exact) mass is 356 g/mol. The number of hydrogen-bond acceptors (Lipinski definition) is 4. The Morgan fingerprint density at radius 3 is 2.67 bits per heavy atom. The number of halogens is 1. The van der Waals surface area contributed by atoms with Crippen LogP contribution in [0.4, 0.5) is 0 Å². The third-order valence-electron chi connectivity index (χ3n) is 4.33. The van der Waals surface area contributed by atoms with E-state index in [1.165, 1.54) is 0 Å². The summed E-state index contributed by atoms with van der Waals surface area (Å²) in [5, 5.41) is 2.91. The third kappa shape index (κ3) is 6.77. The Balaban J connectivity index is 0.00000288. The smallest absolute Gasteiger partial charge is 0.237 e. The molecule has 1 saturated heterocycles. The molecule has 1 amide bonds. The zero-order valence-electron chi connectivity index (χ0n) is 14.3. The molecular formula is C18H29ClN2O3. The van der Waals surface area contributed by atoms with Crippen molar-refractivity contribution in [3.05, 3.63) is 35.9 Å².